The van der Waals surface area contributed by atoms with Gasteiger partial charge in [0, 0.05) is 126 Å². The van der Waals surface area contributed by atoms with Crippen LogP contribution >= 0.6 is 45.3 Å². The molecular weight excluding hydrogens is 1410 g/mol. The summed E-state index contributed by atoms with van der Waals surface area (Å²) in [5.74, 6) is 3.33. The molecule has 0 bridgehead atoms. The van der Waals surface area contributed by atoms with Crippen molar-refractivity contribution < 1.29 is 0 Å². The van der Waals surface area contributed by atoms with Gasteiger partial charge in [-0.05, 0) is 142 Å². The van der Waals surface area contributed by atoms with Gasteiger partial charge in [-0.3, -0.25) is 4.57 Å². The standard InChI is InChI=1S/C97H60N8S4/c1-103-95(99-94(62-40-34-57(35-41-62)56-18-4-2-5-19-56)102-97(103)105-82-54-90-78(70-28-10-14-32-86(70)108-90)50-74(82)75-51-79-71-29-11-15-33-87(71)109-91(79)55-83(75)105)63-44-38-59(39-45-63)65-23-17-25-67(47-65)66-24-16-22-64(46-66)58-36-42-61(43-37-58)93-98-92(60-20-6-3-7-21-60)100-96(101-93)104-80-52-88-76(68-26-8-12-30-84(68)106-88)48-72(80)73-49-77-69-27-9-13-31-85(69)107-89(77)53-81(73)104/h2-14,16-32,34-55,97H,15,33H2,1H3. The Morgan fingerprint density at radius 1 is 0.312 bits per heavy atom. The molecule has 0 N–H and O–H groups in total. The van der Waals surface area contributed by atoms with Gasteiger partial charge in [-0.1, -0.05) is 237 Å². The molecule has 8 nitrogen and oxygen atoms in total. The van der Waals surface area contributed by atoms with Crippen LogP contribution in [0, 0.1) is 0 Å². The molecule has 1 atom stereocenters. The van der Waals surface area contributed by atoms with Gasteiger partial charge in [0.25, 0.3) is 0 Å². The van der Waals surface area contributed by atoms with E-state index in [4.69, 9.17) is 24.9 Å². The molecule has 1 unspecified atom stereocenters. The lowest BCUT2D eigenvalue weighted by molar-refractivity contribution is 0.297. The summed E-state index contributed by atoms with van der Waals surface area (Å²) >= 11 is 7.46. The van der Waals surface area contributed by atoms with Crippen molar-refractivity contribution in [1.29, 1.82) is 0 Å². The lowest BCUT2D eigenvalue weighted by Gasteiger charge is -2.34. The molecule has 7 aromatic heterocycles. The number of aryl methyl sites for hydroxylation is 1. The third-order valence-corrected chi connectivity index (χ3v) is 26.9. The number of hydrogen-bond donors (Lipinski definition) is 0. The summed E-state index contributed by atoms with van der Waals surface area (Å²) in [4.78, 5) is 31.1. The number of aromatic nitrogens is 5. The molecule has 109 heavy (non-hydrogen) atoms. The lowest BCUT2D eigenvalue weighted by Crippen LogP contribution is -2.38. The van der Waals surface area contributed by atoms with Crippen LogP contribution in [0.25, 0.3) is 194 Å². The summed E-state index contributed by atoms with van der Waals surface area (Å²) in [6.07, 6.45) is 6.35. The smallest absolute Gasteiger partial charge is 0.238 e. The number of hydrogen-bond acceptors (Lipinski definition) is 10. The molecule has 12 heteroatoms. The molecule has 1 aliphatic heterocycles. The Morgan fingerprint density at radius 2 is 0.706 bits per heavy atom. The minimum atomic E-state index is -0.476. The Labute approximate surface area is 641 Å². The van der Waals surface area contributed by atoms with Gasteiger partial charge in [0.05, 0.1) is 22.1 Å². The van der Waals surface area contributed by atoms with Crippen LogP contribution in [-0.4, -0.2) is 47.7 Å². The highest BCUT2D eigenvalue weighted by Crippen LogP contribution is 2.48. The third kappa shape index (κ3) is 10.2. The fourth-order valence-electron chi connectivity index (χ4n) is 16.9. The molecule has 14 aromatic carbocycles. The van der Waals surface area contributed by atoms with Gasteiger partial charge in [-0.15, -0.1) is 45.3 Å². The van der Waals surface area contributed by atoms with Gasteiger partial charge in [0.2, 0.25) is 12.2 Å². The van der Waals surface area contributed by atoms with E-state index in [2.05, 4.69) is 318 Å². The normalized spacial score (nSPS) is 14.0. The van der Waals surface area contributed by atoms with E-state index in [-0.39, 0.29) is 0 Å². The minimum Gasteiger partial charge on any atom is -0.320 e. The van der Waals surface area contributed by atoms with Crippen molar-refractivity contribution in [3.8, 4) is 73.2 Å². The van der Waals surface area contributed by atoms with E-state index in [0.717, 1.165) is 102 Å². The maximum absolute atomic E-state index is 5.73. The van der Waals surface area contributed by atoms with Crippen molar-refractivity contribution >= 4 is 177 Å². The molecule has 0 saturated carbocycles. The Bertz CT molecular complexity index is 7350. The topological polar surface area (TPSA) is 76.5 Å². The number of rotatable bonds is 10. The zero-order valence-electron chi connectivity index (χ0n) is 58.7. The molecule has 0 saturated heterocycles. The molecule has 0 spiro atoms. The predicted octanol–water partition coefficient (Wildman–Crippen LogP) is 26.7. The number of benzene rings is 14. The summed E-state index contributed by atoms with van der Waals surface area (Å²) in [6, 6.07) is 111. The van der Waals surface area contributed by atoms with Crippen LogP contribution < -0.4 is 0 Å². The molecule has 2 aliphatic rings. The van der Waals surface area contributed by atoms with Gasteiger partial charge < -0.3 is 9.47 Å². The molecule has 23 rings (SSSR count). The van der Waals surface area contributed by atoms with Crippen molar-refractivity contribution in [3.63, 3.8) is 0 Å². The number of amidine groups is 2. The maximum Gasteiger partial charge on any atom is 0.238 e. The van der Waals surface area contributed by atoms with E-state index in [1.54, 1.807) is 0 Å². The van der Waals surface area contributed by atoms with Crippen molar-refractivity contribution in [2.24, 2.45) is 9.98 Å². The van der Waals surface area contributed by atoms with Crippen LogP contribution in [0.2, 0.25) is 0 Å². The Morgan fingerprint density at radius 3 is 1.24 bits per heavy atom. The highest BCUT2D eigenvalue weighted by atomic mass is 32.1. The first-order chi connectivity index (χ1) is 53.9. The second-order valence-corrected chi connectivity index (χ2v) is 33.0. The molecule has 0 radical (unpaired) electrons. The van der Waals surface area contributed by atoms with Crippen molar-refractivity contribution in [2.45, 2.75) is 19.1 Å². The summed E-state index contributed by atoms with van der Waals surface area (Å²) in [6.45, 7) is 0. The highest BCUT2D eigenvalue weighted by Gasteiger charge is 2.32. The summed E-state index contributed by atoms with van der Waals surface area (Å²) in [5.41, 5.74) is 18.6. The second kappa shape index (κ2) is 24.6. The first-order valence-electron chi connectivity index (χ1n) is 36.9. The lowest BCUT2D eigenvalue weighted by atomic mass is 9.95. The third-order valence-electron chi connectivity index (χ3n) is 22.3. The second-order valence-electron chi connectivity index (χ2n) is 28.6. The first-order valence-corrected chi connectivity index (χ1v) is 40.1. The van der Waals surface area contributed by atoms with E-state index >= 15 is 0 Å². The van der Waals surface area contributed by atoms with Crippen LogP contribution in [0.3, 0.4) is 0 Å². The van der Waals surface area contributed by atoms with Gasteiger partial charge >= 0.3 is 0 Å². The van der Waals surface area contributed by atoms with Crippen LogP contribution in [0.1, 0.15) is 34.3 Å². The molecule has 8 heterocycles. The summed E-state index contributed by atoms with van der Waals surface area (Å²) < 4.78 is 13.6. The van der Waals surface area contributed by atoms with Crippen LogP contribution in [0.4, 0.5) is 0 Å². The average Bonchev–Trinajstić information content (AvgIpc) is 1.57. The molecule has 0 fully saturated rings. The average molecular weight is 1470 g/mol. The molecule has 512 valence electrons. The summed E-state index contributed by atoms with van der Waals surface area (Å²) in [5, 5.41) is 13.8. The largest absolute Gasteiger partial charge is 0.320 e. The fraction of sp³-hybridized carbons (Fsp3) is 0.0412. The Kier molecular flexibility index (Phi) is 14.1. The number of nitrogens with zero attached hydrogens (tertiary/aromatic N) is 8. The van der Waals surface area contributed by atoms with E-state index < -0.39 is 6.29 Å². The van der Waals surface area contributed by atoms with E-state index in [1.165, 1.54) is 108 Å². The van der Waals surface area contributed by atoms with E-state index in [0.29, 0.717) is 23.4 Å². The van der Waals surface area contributed by atoms with Crippen LogP contribution in [0.5, 0.6) is 0 Å². The zero-order chi connectivity index (χ0) is 71.5. The van der Waals surface area contributed by atoms with Crippen LogP contribution in [-0.2, 0) is 6.42 Å². The highest BCUT2D eigenvalue weighted by molar-refractivity contribution is 7.26. The Hall–Kier alpha value is -12.8. The van der Waals surface area contributed by atoms with Crippen molar-refractivity contribution in [3.05, 3.63) is 331 Å². The molecule has 21 aromatic rings. The first kappa shape index (κ1) is 62.4. The number of aliphatic imine (C=N–C) groups is 2. The van der Waals surface area contributed by atoms with Crippen molar-refractivity contribution in [1.82, 2.24) is 29.0 Å². The van der Waals surface area contributed by atoms with Gasteiger partial charge in [0.1, 0.15) is 5.84 Å². The minimum absolute atomic E-state index is 0.476. The van der Waals surface area contributed by atoms with E-state index in [1.807, 2.05) is 63.5 Å². The van der Waals surface area contributed by atoms with Gasteiger partial charge in [-0.25, -0.2) is 15.0 Å². The van der Waals surface area contributed by atoms with E-state index in [9.17, 15) is 0 Å². The van der Waals surface area contributed by atoms with Gasteiger partial charge in [-0.2, -0.15) is 9.97 Å². The predicted molar refractivity (Wildman–Crippen MR) is 464 cm³/mol. The number of allylic oxidation sites excluding steroid dienone is 1. The fourth-order valence-corrected chi connectivity index (χ4v) is 21.5. The van der Waals surface area contributed by atoms with Gasteiger partial charge in [0.15, 0.2) is 17.5 Å². The number of thiophene rings is 4. The molecular formula is C97H60N8S4. The SMILES string of the molecule is CN1C(c2ccc(-c3cccc(-c4cccc(-c5ccc(-c6nc(-c7ccccc7)nc(-n7c8cc9sc%10ccccc%10c9cc8c8cc9c(cc87)sc7ccccc79)n6)cc5)c4)c3)cc2)=NC(c2ccc(-c3ccccc3)cc2)=NC1n1c2cc3sc4c(c3cc2c2cc3c(cc21)sc1ccccc13)C=CCC4. The zero-order valence-corrected chi connectivity index (χ0v) is 62.0. The quantitative estimate of drug-likeness (QED) is 0.137. The van der Waals surface area contributed by atoms with Crippen molar-refractivity contribution in [2.75, 3.05) is 7.05 Å². The molecule has 0 amide bonds. The monoisotopic (exact) mass is 1460 g/mol. The van der Waals surface area contributed by atoms with Crippen LogP contribution in [0.15, 0.2) is 319 Å². The Balaban J connectivity index is 0.587. The number of fused-ring (bicyclic) bond motifs is 18. The maximum atomic E-state index is 5.73. The molecule has 1 aliphatic carbocycles. The summed E-state index contributed by atoms with van der Waals surface area (Å²) in [7, 11) is 2.16.